The molecule has 0 saturated carbocycles. The lowest BCUT2D eigenvalue weighted by Gasteiger charge is -2.32. The molecule has 0 radical (unpaired) electrons. The molecular weight excluding hydrogens is 638 g/mol. The summed E-state index contributed by atoms with van der Waals surface area (Å²) in [6.07, 6.45) is 0.930. The zero-order chi connectivity index (χ0) is 34.7. The first-order valence-electron chi connectivity index (χ1n) is 14.2. The highest BCUT2D eigenvalue weighted by Gasteiger charge is 2.38. The monoisotopic (exact) mass is 676 g/mol. The van der Waals surface area contributed by atoms with Gasteiger partial charge in [0.25, 0.3) is 5.91 Å². The summed E-state index contributed by atoms with van der Waals surface area (Å²) < 4.78 is 68.4. The average molecular weight is 677 g/mol. The molecule has 0 unspecified atom stereocenters. The summed E-state index contributed by atoms with van der Waals surface area (Å²) in [5.74, 6) is -0.538. The van der Waals surface area contributed by atoms with Gasteiger partial charge in [-0.2, -0.15) is 4.98 Å². The maximum atomic E-state index is 15.1. The topological polar surface area (TPSA) is 165 Å². The van der Waals surface area contributed by atoms with Crippen molar-refractivity contribution in [2.45, 2.75) is 52.7 Å². The number of amides is 1. The van der Waals surface area contributed by atoms with Crippen LogP contribution in [-0.4, -0.2) is 60.1 Å². The van der Waals surface area contributed by atoms with E-state index >= 15 is 4.39 Å². The van der Waals surface area contributed by atoms with Gasteiger partial charge in [-0.25, -0.2) is 18.9 Å². The molecule has 1 aliphatic heterocycles. The number of phosphoric ester groups is 1. The van der Waals surface area contributed by atoms with Gasteiger partial charge in [0.05, 0.1) is 44.4 Å². The number of pyridine rings is 1. The SMILES string of the molecule is C=C1Oc2ccc(Nc3nc(N(COP(=O)(OC(C)(C)C)OC(C)(C)C)c4cc(OC)c(OC)c(OC)c4)ncc3F)nc2NC1=O. The average Bonchev–Trinajstić information content (AvgIpc) is 2.96. The molecule has 4 rings (SSSR count). The second-order valence-corrected chi connectivity index (χ2v) is 13.5. The Hall–Kier alpha value is -4.50. The number of ether oxygens (including phenoxy) is 4. The fourth-order valence-corrected chi connectivity index (χ4v) is 5.82. The highest BCUT2D eigenvalue weighted by Crippen LogP contribution is 2.56. The highest BCUT2D eigenvalue weighted by atomic mass is 31.2. The second kappa shape index (κ2) is 13.7. The number of methoxy groups -OCH3 is 3. The standard InChI is InChI=1S/C30H38FN6O9P/c1-17-27(38)35-26-20(44-17)11-12-23(34-26)33-25-19(31)15-32-28(36-25)37(18-13-21(40-8)24(42-10)22(14-18)41-9)16-43-47(39,45-29(2,3)4)46-30(5,6)7/h11-15H,1,16H2,2-10H3,(H2,32,33,34,35,36,38). The molecule has 2 aromatic heterocycles. The molecule has 0 spiro atoms. The molecule has 3 aromatic rings. The van der Waals surface area contributed by atoms with Crippen molar-refractivity contribution in [3.8, 4) is 23.0 Å². The van der Waals surface area contributed by atoms with E-state index in [-0.39, 0.29) is 46.4 Å². The number of carbonyl (C=O) groups excluding carboxylic acids is 1. The Bertz CT molecular complexity index is 1670. The van der Waals surface area contributed by atoms with Crippen molar-refractivity contribution in [2.75, 3.05) is 43.6 Å². The number of nitrogens with one attached hydrogen (secondary N) is 2. The number of nitrogens with zero attached hydrogens (tertiary/aromatic N) is 4. The zero-order valence-electron chi connectivity index (χ0n) is 27.6. The minimum atomic E-state index is -4.24. The molecule has 0 fully saturated rings. The normalized spacial score (nSPS) is 13.3. The van der Waals surface area contributed by atoms with Crippen molar-refractivity contribution < 1.29 is 46.3 Å². The molecule has 2 N–H and O–H groups in total. The van der Waals surface area contributed by atoms with Crippen molar-refractivity contribution >= 4 is 42.8 Å². The van der Waals surface area contributed by atoms with E-state index in [1.54, 1.807) is 53.7 Å². The largest absolute Gasteiger partial charge is 0.493 e. The molecule has 1 amide bonds. The number of hydrogen-bond donors (Lipinski definition) is 2. The Labute approximate surface area is 272 Å². The van der Waals surface area contributed by atoms with Crippen LogP contribution in [0.4, 0.5) is 33.5 Å². The molecular formula is C30H38FN6O9P. The van der Waals surface area contributed by atoms with Crippen LogP contribution in [0.25, 0.3) is 0 Å². The zero-order valence-corrected chi connectivity index (χ0v) is 28.5. The van der Waals surface area contributed by atoms with Gasteiger partial charge in [-0.15, -0.1) is 0 Å². The number of carbonyl (C=O) groups is 1. The maximum Gasteiger partial charge on any atom is 0.477 e. The lowest BCUT2D eigenvalue weighted by molar-refractivity contribution is -0.115. The lowest BCUT2D eigenvalue weighted by Crippen LogP contribution is -2.28. The first-order chi connectivity index (χ1) is 21.9. The van der Waals surface area contributed by atoms with Gasteiger partial charge >= 0.3 is 7.82 Å². The Morgan fingerprint density at radius 2 is 1.62 bits per heavy atom. The summed E-state index contributed by atoms with van der Waals surface area (Å²) in [6, 6.07) is 6.17. The quantitative estimate of drug-likeness (QED) is 0.122. The van der Waals surface area contributed by atoms with E-state index in [0.717, 1.165) is 6.20 Å². The van der Waals surface area contributed by atoms with E-state index in [9.17, 15) is 9.36 Å². The number of rotatable bonds is 12. The molecule has 0 bridgehead atoms. The van der Waals surface area contributed by atoms with E-state index < -0.39 is 37.5 Å². The Morgan fingerprint density at radius 1 is 1.00 bits per heavy atom. The van der Waals surface area contributed by atoms with Crippen molar-refractivity contribution in [3.05, 3.63) is 48.6 Å². The van der Waals surface area contributed by atoms with Crippen LogP contribution in [0.3, 0.4) is 0 Å². The molecule has 0 aliphatic carbocycles. The maximum absolute atomic E-state index is 15.1. The third-order valence-corrected chi connectivity index (χ3v) is 7.85. The second-order valence-electron chi connectivity index (χ2n) is 11.9. The number of anilines is 5. The van der Waals surface area contributed by atoms with Crippen molar-refractivity contribution in [2.24, 2.45) is 0 Å². The van der Waals surface area contributed by atoms with E-state index in [2.05, 4.69) is 32.2 Å². The number of phosphoric acid groups is 1. The summed E-state index contributed by atoms with van der Waals surface area (Å²) in [5.41, 5.74) is -1.51. The van der Waals surface area contributed by atoms with Crippen LogP contribution in [0.1, 0.15) is 41.5 Å². The van der Waals surface area contributed by atoms with E-state index in [1.807, 2.05) is 0 Å². The molecule has 0 atom stereocenters. The van der Waals surface area contributed by atoms with Crippen LogP contribution in [0.2, 0.25) is 0 Å². The molecule has 17 heteroatoms. The third kappa shape index (κ3) is 8.86. The molecule has 3 heterocycles. The third-order valence-electron chi connectivity index (χ3n) is 5.87. The number of fused-ring (bicyclic) bond motifs is 1. The summed E-state index contributed by atoms with van der Waals surface area (Å²) in [6.45, 7) is 13.2. The summed E-state index contributed by atoms with van der Waals surface area (Å²) >= 11 is 0. The lowest BCUT2D eigenvalue weighted by atomic mass is 10.2. The Balaban J connectivity index is 1.78. The molecule has 254 valence electrons. The predicted molar refractivity (Wildman–Crippen MR) is 171 cm³/mol. The number of benzene rings is 1. The van der Waals surface area contributed by atoms with Crippen molar-refractivity contribution in [1.29, 1.82) is 0 Å². The first-order valence-corrected chi connectivity index (χ1v) is 15.6. The minimum Gasteiger partial charge on any atom is -0.493 e. The van der Waals surface area contributed by atoms with E-state index in [4.69, 9.17) is 32.5 Å². The minimum absolute atomic E-state index is 0.0917. The van der Waals surface area contributed by atoms with E-state index in [1.165, 1.54) is 38.4 Å². The smallest absolute Gasteiger partial charge is 0.477 e. The number of halogens is 1. The van der Waals surface area contributed by atoms with Gasteiger partial charge in [-0.05, 0) is 53.7 Å². The molecule has 1 aromatic carbocycles. The van der Waals surface area contributed by atoms with Gasteiger partial charge in [0, 0.05) is 12.1 Å². The molecule has 1 aliphatic rings. The van der Waals surface area contributed by atoms with E-state index in [0.29, 0.717) is 11.4 Å². The fourth-order valence-electron chi connectivity index (χ4n) is 4.08. The summed E-state index contributed by atoms with van der Waals surface area (Å²) in [7, 11) is 0.0896. The molecule has 15 nitrogen and oxygen atoms in total. The van der Waals surface area contributed by atoms with Crippen molar-refractivity contribution in [1.82, 2.24) is 15.0 Å². The number of hydrogen-bond acceptors (Lipinski definition) is 14. The Kier molecular flexibility index (Phi) is 10.3. The van der Waals surface area contributed by atoms with Crippen LogP contribution in [0.5, 0.6) is 23.0 Å². The first kappa shape index (κ1) is 35.4. The number of aromatic nitrogens is 3. The molecule has 0 saturated heterocycles. The summed E-state index contributed by atoms with van der Waals surface area (Å²) in [4.78, 5) is 26.2. The summed E-state index contributed by atoms with van der Waals surface area (Å²) in [5, 5.41) is 5.33. The molecule has 47 heavy (non-hydrogen) atoms. The van der Waals surface area contributed by atoms with Gasteiger partial charge in [-0.3, -0.25) is 23.3 Å². The van der Waals surface area contributed by atoms with Crippen LogP contribution < -0.4 is 34.5 Å². The van der Waals surface area contributed by atoms with Crippen LogP contribution in [-0.2, 0) is 22.9 Å². The van der Waals surface area contributed by atoms with Gasteiger partial charge in [0.1, 0.15) is 12.5 Å². The van der Waals surface area contributed by atoms with Crippen LogP contribution in [0, 0.1) is 5.82 Å². The Morgan fingerprint density at radius 3 is 2.17 bits per heavy atom. The van der Waals surface area contributed by atoms with Crippen LogP contribution in [0.15, 0.2) is 42.8 Å². The van der Waals surface area contributed by atoms with Gasteiger partial charge < -0.3 is 29.6 Å². The highest BCUT2D eigenvalue weighted by molar-refractivity contribution is 7.48. The van der Waals surface area contributed by atoms with Crippen molar-refractivity contribution in [3.63, 3.8) is 0 Å². The predicted octanol–water partition coefficient (Wildman–Crippen LogP) is 6.48. The van der Waals surface area contributed by atoms with Gasteiger partial charge in [0.15, 0.2) is 40.5 Å². The fraction of sp³-hybridized carbons (Fsp3) is 0.400. The van der Waals surface area contributed by atoms with Gasteiger partial charge in [-0.1, -0.05) is 6.58 Å². The van der Waals surface area contributed by atoms with Gasteiger partial charge in [0.2, 0.25) is 11.7 Å². The van der Waals surface area contributed by atoms with Crippen LogP contribution >= 0.6 is 7.82 Å².